The van der Waals surface area contributed by atoms with Crippen LogP contribution in [0.1, 0.15) is 13.3 Å². The minimum absolute atomic E-state index is 0.246. The zero-order valence-electron chi connectivity index (χ0n) is 10.7. The summed E-state index contributed by atoms with van der Waals surface area (Å²) < 4.78 is 5.47. The van der Waals surface area contributed by atoms with E-state index in [-0.39, 0.29) is 6.61 Å². The molecule has 0 amide bonds. The Bertz CT molecular complexity index is 362. The second-order valence-corrected chi connectivity index (χ2v) is 4.17. The van der Waals surface area contributed by atoms with Gasteiger partial charge in [0.2, 0.25) is 0 Å². The second-order valence-electron chi connectivity index (χ2n) is 4.17. The molecule has 0 spiro atoms. The number of hydrogen-bond acceptors (Lipinski definition) is 4. The van der Waals surface area contributed by atoms with Gasteiger partial charge in [-0.25, -0.2) is 0 Å². The Balaban J connectivity index is 2.31. The van der Waals surface area contributed by atoms with E-state index in [0.29, 0.717) is 13.1 Å². The highest BCUT2D eigenvalue weighted by Crippen LogP contribution is 2.08. The summed E-state index contributed by atoms with van der Waals surface area (Å²) in [7, 11) is 0. The van der Waals surface area contributed by atoms with E-state index in [1.165, 1.54) is 0 Å². The molecule has 1 rings (SSSR count). The predicted octanol–water partition coefficient (Wildman–Crippen LogP) is 1.66. The third-order valence-electron chi connectivity index (χ3n) is 2.49. The molecule has 98 valence electrons. The van der Waals surface area contributed by atoms with E-state index in [0.717, 1.165) is 18.7 Å². The number of para-hydroxylation sites is 1. The number of aliphatic hydroxyl groups is 1. The van der Waals surface area contributed by atoms with Crippen LogP contribution in [0, 0.1) is 11.3 Å². The zero-order chi connectivity index (χ0) is 13.2. The van der Waals surface area contributed by atoms with Gasteiger partial charge in [0.15, 0.2) is 0 Å². The molecule has 0 bridgehead atoms. The fraction of sp³-hybridized carbons (Fsp3) is 0.500. The molecular formula is C14H20N2O2. The summed E-state index contributed by atoms with van der Waals surface area (Å²) in [6.07, 6.45) is 0.388. The summed E-state index contributed by atoms with van der Waals surface area (Å²) in [5.74, 6) is 0.749. The summed E-state index contributed by atoms with van der Waals surface area (Å²) in [6.45, 7) is 3.92. The van der Waals surface area contributed by atoms with Crippen LogP contribution in [0.15, 0.2) is 30.3 Å². The van der Waals surface area contributed by atoms with Gasteiger partial charge in [0.25, 0.3) is 0 Å². The molecule has 1 aromatic rings. The molecule has 0 aromatic heterocycles. The standard InChI is InChI=1S/C14H20N2O2/c1-2-9-16(10-8-15)11-13(17)12-18-14-6-4-3-5-7-14/h3-7,13,17H,2,9-12H2,1H3. The van der Waals surface area contributed by atoms with Gasteiger partial charge >= 0.3 is 0 Å². The molecule has 0 aliphatic heterocycles. The molecule has 1 N–H and O–H groups in total. The first kappa shape index (κ1) is 14.5. The van der Waals surface area contributed by atoms with Crippen molar-refractivity contribution in [3.63, 3.8) is 0 Å². The number of ether oxygens (including phenoxy) is 1. The van der Waals surface area contributed by atoms with Crippen molar-refractivity contribution in [1.82, 2.24) is 4.90 Å². The van der Waals surface area contributed by atoms with Crippen LogP contribution in [0.4, 0.5) is 0 Å². The van der Waals surface area contributed by atoms with E-state index in [4.69, 9.17) is 10.00 Å². The van der Waals surface area contributed by atoms with E-state index in [2.05, 4.69) is 13.0 Å². The van der Waals surface area contributed by atoms with Crippen LogP contribution in [0.5, 0.6) is 5.75 Å². The number of rotatable bonds is 8. The van der Waals surface area contributed by atoms with E-state index in [1.54, 1.807) is 0 Å². The third kappa shape index (κ3) is 5.67. The summed E-state index contributed by atoms with van der Waals surface area (Å²) in [5, 5.41) is 18.5. The van der Waals surface area contributed by atoms with Gasteiger partial charge in [-0.1, -0.05) is 25.1 Å². The highest BCUT2D eigenvalue weighted by Gasteiger charge is 2.11. The average Bonchev–Trinajstić information content (AvgIpc) is 2.38. The van der Waals surface area contributed by atoms with Crippen molar-refractivity contribution in [2.75, 3.05) is 26.2 Å². The lowest BCUT2D eigenvalue weighted by molar-refractivity contribution is 0.0724. The highest BCUT2D eigenvalue weighted by molar-refractivity contribution is 5.20. The molecule has 0 heterocycles. The maximum absolute atomic E-state index is 9.86. The first-order valence-electron chi connectivity index (χ1n) is 6.21. The van der Waals surface area contributed by atoms with Crippen molar-refractivity contribution in [2.24, 2.45) is 0 Å². The molecule has 1 aromatic carbocycles. The molecule has 1 atom stereocenters. The van der Waals surface area contributed by atoms with Gasteiger partial charge in [-0.05, 0) is 25.1 Å². The lowest BCUT2D eigenvalue weighted by Crippen LogP contribution is -2.36. The topological polar surface area (TPSA) is 56.5 Å². The Hall–Kier alpha value is -1.57. The quantitative estimate of drug-likeness (QED) is 0.711. The van der Waals surface area contributed by atoms with Gasteiger partial charge in [-0.3, -0.25) is 4.90 Å². The lowest BCUT2D eigenvalue weighted by atomic mass is 10.3. The SMILES string of the molecule is CCCN(CC#N)CC(O)COc1ccccc1. The fourth-order valence-corrected chi connectivity index (χ4v) is 1.71. The molecule has 18 heavy (non-hydrogen) atoms. The van der Waals surface area contributed by atoms with Gasteiger partial charge in [0.1, 0.15) is 18.5 Å². The van der Waals surface area contributed by atoms with E-state index >= 15 is 0 Å². The van der Waals surface area contributed by atoms with Crippen molar-refractivity contribution in [1.29, 1.82) is 5.26 Å². The number of hydrogen-bond donors (Lipinski definition) is 1. The van der Waals surface area contributed by atoms with Crippen LogP contribution >= 0.6 is 0 Å². The molecule has 4 heteroatoms. The molecule has 4 nitrogen and oxygen atoms in total. The van der Waals surface area contributed by atoms with Crippen LogP contribution in [0.25, 0.3) is 0 Å². The maximum atomic E-state index is 9.86. The molecule has 0 aliphatic rings. The molecule has 0 radical (unpaired) electrons. The van der Waals surface area contributed by atoms with Crippen molar-refractivity contribution in [3.05, 3.63) is 30.3 Å². The summed E-state index contributed by atoms with van der Waals surface area (Å²) in [6, 6.07) is 11.5. The van der Waals surface area contributed by atoms with Gasteiger partial charge in [0.05, 0.1) is 12.6 Å². The Morgan fingerprint density at radius 2 is 2.11 bits per heavy atom. The van der Waals surface area contributed by atoms with Crippen molar-refractivity contribution < 1.29 is 9.84 Å². The van der Waals surface area contributed by atoms with Gasteiger partial charge in [0, 0.05) is 6.54 Å². The third-order valence-corrected chi connectivity index (χ3v) is 2.49. The van der Waals surface area contributed by atoms with Crippen molar-refractivity contribution in [3.8, 4) is 11.8 Å². The summed E-state index contributed by atoms with van der Waals surface area (Å²) >= 11 is 0. The van der Waals surface area contributed by atoms with Crippen LogP contribution in [0.2, 0.25) is 0 Å². The first-order valence-corrected chi connectivity index (χ1v) is 6.21. The predicted molar refractivity (Wildman–Crippen MR) is 70.3 cm³/mol. The van der Waals surface area contributed by atoms with Crippen LogP contribution in [-0.4, -0.2) is 42.4 Å². The van der Waals surface area contributed by atoms with E-state index < -0.39 is 6.10 Å². The molecular weight excluding hydrogens is 228 g/mol. The van der Waals surface area contributed by atoms with E-state index in [1.807, 2.05) is 35.2 Å². The number of nitrogens with zero attached hydrogens (tertiary/aromatic N) is 2. The summed E-state index contributed by atoms with van der Waals surface area (Å²) in [5.41, 5.74) is 0. The number of benzene rings is 1. The second kappa shape index (κ2) is 8.51. The molecule has 0 saturated carbocycles. The first-order chi connectivity index (χ1) is 8.76. The fourth-order valence-electron chi connectivity index (χ4n) is 1.71. The van der Waals surface area contributed by atoms with Gasteiger partial charge in [-0.15, -0.1) is 0 Å². The minimum atomic E-state index is -0.579. The van der Waals surface area contributed by atoms with Crippen LogP contribution < -0.4 is 4.74 Å². The van der Waals surface area contributed by atoms with Crippen LogP contribution in [0.3, 0.4) is 0 Å². The Morgan fingerprint density at radius 1 is 1.39 bits per heavy atom. The van der Waals surface area contributed by atoms with Gasteiger partial charge in [-0.2, -0.15) is 5.26 Å². The normalized spacial score (nSPS) is 12.1. The van der Waals surface area contributed by atoms with Crippen molar-refractivity contribution >= 4 is 0 Å². The number of aliphatic hydroxyl groups excluding tert-OH is 1. The zero-order valence-corrected chi connectivity index (χ0v) is 10.7. The van der Waals surface area contributed by atoms with Gasteiger partial charge < -0.3 is 9.84 Å². The molecule has 0 fully saturated rings. The van der Waals surface area contributed by atoms with Crippen molar-refractivity contribution in [2.45, 2.75) is 19.4 Å². The minimum Gasteiger partial charge on any atom is -0.491 e. The van der Waals surface area contributed by atoms with Crippen LogP contribution in [-0.2, 0) is 0 Å². The smallest absolute Gasteiger partial charge is 0.119 e. The monoisotopic (exact) mass is 248 g/mol. The Labute approximate surface area is 108 Å². The molecule has 1 unspecified atom stereocenters. The Kier molecular flexibility index (Phi) is 6.85. The average molecular weight is 248 g/mol. The largest absolute Gasteiger partial charge is 0.491 e. The molecule has 0 saturated heterocycles. The van der Waals surface area contributed by atoms with E-state index in [9.17, 15) is 5.11 Å². The maximum Gasteiger partial charge on any atom is 0.119 e. The Morgan fingerprint density at radius 3 is 2.72 bits per heavy atom. The summed E-state index contributed by atoms with van der Waals surface area (Å²) in [4.78, 5) is 1.93. The molecule has 0 aliphatic carbocycles. The number of nitriles is 1. The highest BCUT2D eigenvalue weighted by atomic mass is 16.5. The lowest BCUT2D eigenvalue weighted by Gasteiger charge is -2.21.